The maximum absolute atomic E-state index is 10.9. The highest BCUT2D eigenvalue weighted by molar-refractivity contribution is 6.53. The number of hydrogen-bond acceptors (Lipinski definition) is 1. The highest BCUT2D eigenvalue weighted by Gasteiger charge is 2.17. The second-order valence-electron chi connectivity index (χ2n) is 1.66. The van der Waals surface area contributed by atoms with Gasteiger partial charge in [-0.1, -0.05) is 23.2 Å². The Morgan fingerprint density at radius 3 is 2.70 bits per heavy atom. The van der Waals surface area contributed by atoms with Crippen LogP contribution in [0.25, 0.3) is 0 Å². The van der Waals surface area contributed by atoms with E-state index in [9.17, 15) is 4.79 Å². The van der Waals surface area contributed by atoms with E-state index < -0.39 is 4.84 Å². The van der Waals surface area contributed by atoms with Crippen molar-refractivity contribution >= 4 is 29.1 Å². The Hall–Kier alpha value is -0.540. The summed E-state index contributed by atoms with van der Waals surface area (Å²) in [5, 5.41) is 0. The van der Waals surface area contributed by atoms with Crippen molar-refractivity contribution in [2.24, 2.45) is 0 Å². The minimum atomic E-state index is -0.999. The van der Waals surface area contributed by atoms with Gasteiger partial charge in [-0.05, 0) is 0 Å². The molecule has 1 heterocycles. The number of H-pyrrole nitrogens is 1. The predicted octanol–water partition coefficient (Wildman–Crippen LogP) is 0.746. The maximum atomic E-state index is 10.9. The van der Waals surface area contributed by atoms with Crippen molar-refractivity contribution in [1.29, 1.82) is 0 Å². The predicted molar refractivity (Wildman–Crippen MR) is 37.1 cm³/mol. The fourth-order valence-corrected chi connectivity index (χ4v) is 0.765. The van der Waals surface area contributed by atoms with Gasteiger partial charge in [-0.2, -0.15) is 4.57 Å². The molecule has 0 spiro atoms. The van der Waals surface area contributed by atoms with E-state index in [1.807, 2.05) is 0 Å². The summed E-state index contributed by atoms with van der Waals surface area (Å²) in [6, 6.07) is 0. The molecule has 0 aliphatic carbocycles. The average Bonchev–Trinajstić information content (AvgIpc) is 2.36. The van der Waals surface area contributed by atoms with Gasteiger partial charge < -0.3 is 0 Å². The third kappa shape index (κ3) is 1.49. The first-order valence-electron chi connectivity index (χ1n) is 2.58. The number of nitrogens with one attached hydrogen (secondary N) is 1. The second-order valence-corrected chi connectivity index (χ2v) is 2.75. The molecule has 54 valence electrons. The molecule has 10 heavy (non-hydrogen) atoms. The van der Waals surface area contributed by atoms with E-state index in [1.54, 1.807) is 12.4 Å². The van der Waals surface area contributed by atoms with Crippen molar-refractivity contribution < 1.29 is 9.78 Å². The zero-order valence-electron chi connectivity index (χ0n) is 4.92. The number of halogens is 2. The van der Waals surface area contributed by atoms with Crippen LogP contribution < -0.4 is 4.98 Å². The first-order chi connectivity index (χ1) is 4.72. The number of imidazole rings is 1. The molecule has 0 atom stereocenters. The lowest BCUT2D eigenvalue weighted by Crippen LogP contribution is -2.16. The summed E-state index contributed by atoms with van der Waals surface area (Å²) < 4.78 is 1.28. The first kappa shape index (κ1) is 7.57. The van der Waals surface area contributed by atoms with Crippen molar-refractivity contribution in [3.05, 3.63) is 18.7 Å². The lowest BCUT2D eigenvalue weighted by Gasteiger charge is -1.91. The maximum Gasteiger partial charge on any atom is 0.347 e. The van der Waals surface area contributed by atoms with Gasteiger partial charge in [-0.15, -0.1) is 0 Å². The molecule has 1 aromatic rings. The summed E-state index contributed by atoms with van der Waals surface area (Å²) in [4.78, 5) is 12.6. The van der Waals surface area contributed by atoms with Crippen LogP contribution in [0.3, 0.4) is 0 Å². The van der Waals surface area contributed by atoms with Gasteiger partial charge in [0.2, 0.25) is 11.2 Å². The number of rotatable bonds is 1. The van der Waals surface area contributed by atoms with Crippen molar-refractivity contribution in [1.82, 2.24) is 4.57 Å². The summed E-state index contributed by atoms with van der Waals surface area (Å²) >= 11 is 10.6. The summed E-state index contributed by atoms with van der Waals surface area (Å²) in [6.45, 7) is 0. The van der Waals surface area contributed by atoms with Crippen molar-refractivity contribution in [3.63, 3.8) is 0 Å². The molecule has 0 radical (unpaired) electrons. The molecule has 0 fully saturated rings. The molecule has 0 saturated heterocycles. The van der Waals surface area contributed by atoms with Gasteiger partial charge in [-0.3, -0.25) is 0 Å². The van der Waals surface area contributed by atoms with Gasteiger partial charge >= 0.3 is 5.91 Å². The van der Waals surface area contributed by atoms with Gasteiger partial charge in [0.25, 0.3) is 0 Å². The number of aromatic nitrogens is 2. The quantitative estimate of drug-likeness (QED) is 0.587. The first-order valence-corrected chi connectivity index (χ1v) is 3.45. The fraction of sp³-hybridized carbons (Fsp3) is 0.200. The minimum Gasteiger partial charge on any atom is -0.250 e. The van der Waals surface area contributed by atoms with Gasteiger partial charge in [0.05, 0.1) is 0 Å². The highest BCUT2D eigenvalue weighted by Crippen LogP contribution is 2.03. The topological polar surface area (TPSA) is 36.1 Å². The third-order valence-electron chi connectivity index (χ3n) is 0.986. The van der Waals surface area contributed by atoms with E-state index in [0.29, 0.717) is 0 Å². The van der Waals surface area contributed by atoms with Crippen LogP contribution in [0.4, 0.5) is 0 Å². The molecule has 1 aromatic heterocycles. The van der Waals surface area contributed by atoms with Crippen LogP contribution in [-0.2, 0) is 0 Å². The highest BCUT2D eigenvalue weighted by atomic mass is 35.5. The summed E-state index contributed by atoms with van der Waals surface area (Å²) in [5.74, 6) is -0.357. The van der Waals surface area contributed by atoms with Crippen molar-refractivity contribution in [2.45, 2.75) is 4.84 Å². The molecule has 0 aliphatic heterocycles. The zero-order valence-corrected chi connectivity index (χ0v) is 6.43. The van der Waals surface area contributed by atoms with Gasteiger partial charge in [-0.25, -0.2) is 9.78 Å². The van der Waals surface area contributed by atoms with Gasteiger partial charge in [0.15, 0.2) is 0 Å². The molecule has 3 nitrogen and oxygen atoms in total. The molecule has 1 rings (SSSR count). The molecule has 0 bridgehead atoms. The lowest BCUT2D eigenvalue weighted by molar-refractivity contribution is -0.376. The standard InChI is InChI=1S/C5H4Cl2N2O/c6-4(7)5(10)9-2-1-8-3-9/h1-4H/p+1. The third-order valence-corrected chi connectivity index (χ3v) is 1.36. The largest absolute Gasteiger partial charge is 0.347 e. The van der Waals surface area contributed by atoms with E-state index >= 15 is 0 Å². The Bertz CT molecular complexity index is 220. The van der Waals surface area contributed by atoms with Crippen molar-refractivity contribution in [3.8, 4) is 0 Å². The van der Waals surface area contributed by atoms with Crippen LogP contribution in [0.15, 0.2) is 18.7 Å². The van der Waals surface area contributed by atoms with Crippen LogP contribution in [0, 0.1) is 0 Å². The number of alkyl halides is 2. The normalized spacial score (nSPS) is 10.3. The SMILES string of the molecule is O=C(C(Cl)Cl)n1cc[nH+]c1. The molecule has 0 amide bonds. The number of carbonyl (C=O) groups excluding carboxylic acids is 1. The van der Waals surface area contributed by atoms with Crippen LogP contribution in [0.2, 0.25) is 0 Å². The van der Waals surface area contributed by atoms with Crippen LogP contribution >= 0.6 is 23.2 Å². The minimum absolute atomic E-state index is 0.357. The molecule has 5 heteroatoms. The molecular formula is C5H5Cl2N2O+. The lowest BCUT2D eigenvalue weighted by atomic mass is 10.7. The molecule has 1 N–H and O–H groups in total. The molecule has 0 unspecified atom stereocenters. The van der Waals surface area contributed by atoms with E-state index in [4.69, 9.17) is 23.2 Å². The molecule has 0 saturated carbocycles. The average molecular weight is 180 g/mol. The number of carbonyl (C=O) groups is 1. The van der Waals surface area contributed by atoms with Crippen LogP contribution in [0.1, 0.15) is 4.79 Å². The Balaban J connectivity index is 2.78. The smallest absolute Gasteiger partial charge is 0.250 e. The zero-order chi connectivity index (χ0) is 7.56. The Kier molecular flexibility index (Phi) is 2.29. The van der Waals surface area contributed by atoms with Gasteiger partial charge in [0.1, 0.15) is 12.4 Å². The molecule has 0 aliphatic rings. The van der Waals surface area contributed by atoms with E-state index in [0.717, 1.165) is 0 Å². The Morgan fingerprint density at radius 2 is 2.30 bits per heavy atom. The Morgan fingerprint density at radius 1 is 1.60 bits per heavy atom. The number of hydrogen-bond donors (Lipinski definition) is 0. The molecule has 0 aromatic carbocycles. The summed E-state index contributed by atoms with van der Waals surface area (Å²) in [7, 11) is 0. The Labute approximate surface area is 67.6 Å². The second kappa shape index (κ2) is 3.03. The van der Waals surface area contributed by atoms with Gasteiger partial charge in [0, 0.05) is 0 Å². The number of aromatic amines is 1. The van der Waals surface area contributed by atoms with Crippen molar-refractivity contribution in [2.75, 3.05) is 0 Å². The monoisotopic (exact) mass is 179 g/mol. The van der Waals surface area contributed by atoms with Crippen LogP contribution in [-0.4, -0.2) is 15.3 Å². The fourth-order valence-electron chi connectivity index (χ4n) is 0.539. The van der Waals surface area contributed by atoms with Crippen LogP contribution in [0.5, 0.6) is 0 Å². The van der Waals surface area contributed by atoms with E-state index in [-0.39, 0.29) is 5.91 Å². The molecular weight excluding hydrogens is 175 g/mol. The summed E-state index contributed by atoms with van der Waals surface area (Å²) in [6.07, 6.45) is 4.62. The number of nitrogens with zero attached hydrogens (tertiary/aromatic N) is 1. The van der Waals surface area contributed by atoms with E-state index in [2.05, 4.69) is 4.98 Å². The summed E-state index contributed by atoms with van der Waals surface area (Å²) in [5.41, 5.74) is 0. The van der Waals surface area contributed by atoms with E-state index in [1.165, 1.54) is 10.9 Å².